The number of nitrogens with two attached hydrogens (primary N) is 1. The van der Waals surface area contributed by atoms with Crippen molar-refractivity contribution in [3.05, 3.63) is 6.20 Å². The van der Waals surface area contributed by atoms with Crippen LogP contribution in [0.25, 0.3) is 0 Å². The summed E-state index contributed by atoms with van der Waals surface area (Å²) in [7, 11) is -3.57. The molecule has 0 aliphatic rings. The Bertz CT molecular complexity index is 478. The van der Waals surface area contributed by atoms with Gasteiger partial charge in [0, 0.05) is 6.04 Å². The van der Waals surface area contributed by atoms with E-state index >= 15 is 0 Å². The van der Waals surface area contributed by atoms with Crippen LogP contribution in [0.3, 0.4) is 0 Å². The number of nitrogen functional groups attached to an aromatic ring is 1. The van der Waals surface area contributed by atoms with Gasteiger partial charge in [-0.2, -0.15) is 5.10 Å². The van der Waals surface area contributed by atoms with Gasteiger partial charge >= 0.3 is 0 Å². The molecule has 1 aromatic rings. The molecular weight excluding hydrogens is 240 g/mol. The summed E-state index contributed by atoms with van der Waals surface area (Å²) in [5.41, 5.74) is 5.82. The lowest BCUT2D eigenvalue weighted by atomic mass is 10.3. The molecule has 0 aromatic carbocycles. The summed E-state index contributed by atoms with van der Waals surface area (Å²) in [6.45, 7) is 7.45. The molecule has 1 atom stereocenters. The molecule has 1 rings (SSSR count). The first-order valence-electron chi connectivity index (χ1n) is 5.65. The van der Waals surface area contributed by atoms with Crippen LogP contribution in [0.1, 0.15) is 40.2 Å². The van der Waals surface area contributed by atoms with E-state index in [9.17, 15) is 8.42 Å². The Morgan fingerprint density at radius 2 is 2.06 bits per heavy atom. The fraction of sp³-hybridized carbons (Fsp3) is 0.700. The van der Waals surface area contributed by atoms with Crippen LogP contribution in [0.4, 0.5) is 5.82 Å². The first-order valence-corrected chi connectivity index (χ1v) is 7.13. The van der Waals surface area contributed by atoms with E-state index in [1.807, 2.05) is 13.8 Å². The molecule has 0 bridgehead atoms. The van der Waals surface area contributed by atoms with Gasteiger partial charge in [0.2, 0.25) is 10.0 Å². The van der Waals surface area contributed by atoms with Gasteiger partial charge in [-0.25, -0.2) is 17.8 Å². The Morgan fingerprint density at radius 3 is 2.53 bits per heavy atom. The van der Waals surface area contributed by atoms with Crippen molar-refractivity contribution in [3.8, 4) is 0 Å². The van der Waals surface area contributed by atoms with Gasteiger partial charge in [-0.05, 0) is 27.2 Å². The highest BCUT2D eigenvalue weighted by molar-refractivity contribution is 7.89. The van der Waals surface area contributed by atoms with Gasteiger partial charge < -0.3 is 5.73 Å². The van der Waals surface area contributed by atoms with Crippen LogP contribution in [0.15, 0.2) is 11.1 Å². The number of nitrogens with zero attached hydrogens (tertiary/aromatic N) is 2. The molecule has 6 nitrogen and oxygen atoms in total. The molecule has 98 valence electrons. The van der Waals surface area contributed by atoms with Crippen molar-refractivity contribution in [2.75, 3.05) is 5.73 Å². The summed E-state index contributed by atoms with van der Waals surface area (Å²) in [5, 5.41) is 4.03. The van der Waals surface area contributed by atoms with Crippen LogP contribution in [-0.4, -0.2) is 24.2 Å². The van der Waals surface area contributed by atoms with Crippen molar-refractivity contribution < 1.29 is 8.42 Å². The average Bonchev–Trinajstić information content (AvgIpc) is 2.57. The first-order chi connectivity index (χ1) is 7.79. The molecule has 0 saturated carbocycles. The normalized spacial score (nSPS) is 14.2. The third-order valence-corrected chi connectivity index (χ3v) is 4.16. The van der Waals surface area contributed by atoms with Crippen molar-refractivity contribution >= 4 is 15.8 Å². The highest BCUT2D eigenvalue weighted by atomic mass is 32.2. The summed E-state index contributed by atoms with van der Waals surface area (Å²) in [6.07, 6.45) is 2.13. The second kappa shape index (κ2) is 5.05. The van der Waals surface area contributed by atoms with Crippen LogP contribution >= 0.6 is 0 Å². The van der Waals surface area contributed by atoms with Gasteiger partial charge in [-0.15, -0.1) is 0 Å². The van der Waals surface area contributed by atoms with Crippen molar-refractivity contribution in [1.82, 2.24) is 14.5 Å². The third kappa shape index (κ3) is 2.98. The molecule has 0 spiro atoms. The first kappa shape index (κ1) is 14.0. The number of aromatic nitrogens is 2. The maximum absolute atomic E-state index is 11.9. The fourth-order valence-corrected chi connectivity index (χ4v) is 2.76. The maximum atomic E-state index is 11.9. The predicted octanol–water partition coefficient (Wildman–Crippen LogP) is 1.12. The Hall–Kier alpha value is -1.08. The molecule has 3 N–H and O–H groups in total. The number of hydrogen-bond acceptors (Lipinski definition) is 4. The van der Waals surface area contributed by atoms with Crippen molar-refractivity contribution in [2.45, 2.75) is 51.1 Å². The van der Waals surface area contributed by atoms with Gasteiger partial charge in [0.15, 0.2) is 0 Å². The summed E-state index contributed by atoms with van der Waals surface area (Å²) in [6, 6.07) is -0.0932. The minimum absolute atomic E-state index is 0.0477. The van der Waals surface area contributed by atoms with Gasteiger partial charge in [0.1, 0.15) is 10.7 Å². The second-order valence-corrected chi connectivity index (χ2v) is 6.05. The van der Waals surface area contributed by atoms with Crippen LogP contribution in [0, 0.1) is 0 Å². The molecule has 1 heterocycles. The minimum Gasteiger partial charge on any atom is -0.383 e. The van der Waals surface area contributed by atoms with Crippen molar-refractivity contribution in [2.24, 2.45) is 0 Å². The maximum Gasteiger partial charge on any atom is 0.246 e. The van der Waals surface area contributed by atoms with Gasteiger partial charge in [0.25, 0.3) is 0 Å². The van der Waals surface area contributed by atoms with Crippen LogP contribution in [0.5, 0.6) is 0 Å². The lowest BCUT2D eigenvalue weighted by Gasteiger charge is -2.12. The zero-order valence-electron chi connectivity index (χ0n) is 10.6. The monoisotopic (exact) mass is 260 g/mol. The third-order valence-electron chi connectivity index (χ3n) is 2.49. The van der Waals surface area contributed by atoms with E-state index in [1.165, 1.54) is 10.9 Å². The van der Waals surface area contributed by atoms with Crippen LogP contribution in [0.2, 0.25) is 0 Å². The zero-order valence-corrected chi connectivity index (χ0v) is 11.5. The molecule has 0 saturated heterocycles. The number of hydrogen-bond donors (Lipinski definition) is 2. The standard InChI is InChI=1S/C10H20N4O2S/c1-5-8(4)14-10(11)9(6-12-14)17(15,16)13-7(2)3/h6-8,13H,5,11H2,1-4H3. The Labute approximate surface area is 102 Å². The second-order valence-electron chi connectivity index (χ2n) is 4.37. The van der Waals surface area contributed by atoms with Gasteiger partial charge in [-0.1, -0.05) is 6.92 Å². The summed E-state index contributed by atoms with van der Waals surface area (Å²) >= 11 is 0. The lowest BCUT2D eigenvalue weighted by molar-refractivity contribution is 0.484. The number of sulfonamides is 1. The Morgan fingerprint density at radius 1 is 1.47 bits per heavy atom. The molecule has 7 heteroatoms. The number of anilines is 1. The molecule has 0 amide bonds. The largest absolute Gasteiger partial charge is 0.383 e. The highest BCUT2D eigenvalue weighted by Crippen LogP contribution is 2.22. The molecule has 1 aromatic heterocycles. The predicted molar refractivity (Wildman–Crippen MR) is 67.1 cm³/mol. The van der Waals surface area contributed by atoms with Crippen LogP contribution in [-0.2, 0) is 10.0 Å². The fourth-order valence-electron chi connectivity index (χ4n) is 1.46. The minimum atomic E-state index is -3.57. The van der Waals surface area contributed by atoms with E-state index in [2.05, 4.69) is 9.82 Å². The topological polar surface area (TPSA) is 90.0 Å². The molecule has 1 unspecified atom stereocenters. The molecular formula is C10H20N4O2S. The molecule has 0 aliphatic carbocycles. The van der Waals surface area contributed by atoms with Gasteiger partial charge in [-0.3, -0.25) is 0 Å². The van der Waals surface area contributed by atoms with E-state index in [0.29, 0.717) is 0 Å². The Kier molecular flexibility index (Phi) is 4.16. The van der Waals surface area contributed by atoms with E-state index in [4.69, 9.17) is 5.73 Å². The van der Waals surface area contributed by atoms with Crippen molar-refractivity contribution in [3.63, 3.8) is 0 Å². The molecule has 0 aliphatic heterocycles. The number of nitrogens with one attached hydrogen (secondary N) is 1. The zero-order chi connectivity index (χ0) is 13.2. The number of rotatable bonds is 5. The Balaban J connectivity index is 3.13. The summed E-state index contributed by atoms with van der Waals surface area (Å²) < 4.78 is 27.9. The lowest BCUT2D eigenvalue weighted by Crippen LogP contribution is -2.30. The summed E-state index contributed by atoms with van der Waals surface area (Å²) in [4.78, 5) is 0.0477. The van der Waals surface area contributed by atoms with E-state index in [1.54, 1.807) is 13.8 Å². The highest BCUT2D eigenvalue weighted by Gasteiger charge is 2.23. The molecule has 0 radical (unpaired) electrons. The van der Waals surface area contributed by atoms with E-state index < -0.39 is 10.0 Å². The van der Waals surface area contributed by atoms with Crippen LogP contribution < -0.4 is 10.5 Å². The van der Waals surface area contributed by atoms with E-state index in [0.717, 1.165) is 6.42 Å². The van der Waals surface area contributed by atoms with E-state index in [-0.39, 0.29) is 22.8 Å². The molecule has 17 heavy (non-hydrogen) atoms. The van der Waals surface area contributed by atoms with Gasteiger partial charge in [0.05, 0.1) is 12.2 Å². The SMILES string of the molecule is CCC(C)n1ncc(S(=O)(=O)NC(C)C)c1N. The smallest absolute Gasteiger partial charge is 0.246 e. The molecule has 0 fully saturated rings. The quantitative estimate of drug-likeness (QED) is 0.830. The van der Waals surface area contributed by atoms with Crippen molar-refractivity contribution in [1.29, 1.82) is 0 Å². The average molecular weight is 260 g/mol. The summed E-state index contributed by atoms with van der Waals surface area (Å²) in [5.74, 6) is 0.188.